The van der Waals surface area contributed by atoms with Crippen LogP contribution < -0.4 is 5.32 Å². The Kier molecular flexibility index (Phi) is 5.27. The first-order valence-corrected chi connectivity index (χ1v) is 9.26. The van der Waals surface area contributed by atoms with Crippen LogP contribution in [0.4, 0.5) is 5.13 Å². The van der Waals surface area contributed by atoms with Crippen LogP contribution in [-0.4, -0.2) is 58.8 Å². The Bertz CT molecular complexity index is 534. The smallest absolute Gasteiger partial charge is 0.239 e. The van der Waals surface area contributed by atoms with Gasteiger partial charge in [0.2, 0.25) is 11.8 Å². The molecular weight excluding hydrogens is 312 g/mol. The molecule has 7 heteroatoms. The van der Waals surface area contributed by atoms with Gasteiger partial charge < -0.3 is 10.2 Å². The standard InChI is InChI=1S/C16H24N4O2S/c1-12(15(22)20-7-2-3-8-20)19-9-4-13(5-10-19)14(21)18-16-17-6-11-23-16/h6,11-13H,2-5,7-10H2,1H3,(H,17,18,21)/t12-/m0/s1. The maximum absolute atomic E-state index is 12.5. The Balaban J connectivity index is 1.47. The van der Waals surface area contributed by atoms with Crippen molar-refractivity contribution < 1.29 is 9.59 Å². The third-order valence-electron chi connectivity index (χ3n) is 4.89. The minimum Gasteiger partial charge on any atom is -0.341 e. The average molecular weight is 336 g/mol. The summed E-state index contributed by atoms with van der Waals surface area (Å²) in [4.78, 5) is 33.0. The first-order valence-electron chi connectivity index (χ1n) is 8.38. The van der Waals surface area contributed by atoms with Crippen LogP contribution in [0.3, 0.4) is 0 Å². The fourth-order valence-corrected chi connectivity index (χ4v) is 3.93. The second kappa shape index (κ2) is 7.40. The Morgan fingerprint density at radius 3 is 2.57 bits per heavy atom. The van der Waals surface area contributed by atoms with Gasteiger partial charge >= 0.3 is 0 Å². The molecule has 2 amide bonds. The molecule has 23 heavy (non-hydrogen) atoms. The monoisotopic (exact) mass is 336 g/mol. The van der Waals surface area contributed by atoms with Gasteiger partial charge in [0.25, 0.3) is 0 Å². The Morgan fingerprint density at radius 1 is 1.26 bits per heavy atom. The van der Waals surface area contributed by atoms with Crippen molar-refractivity contribution in [2.75, 3.05) is 31.5 Å². The third kappa shape index (κ3) is 3.90. The van der Waals surface area contributed by atoms with Gasteiger partial charge in [0.1, 0.15) is 0 Å². The number of hydrogen-bond acceptors (Lipinski definition) is 5. The third-order valence-corrected chi connectivity index (χ3v) is 5.57. The van der Waals surface area contributed by atoms with E-state index in [0.29, 0.717) is 5.13 Å². The first-order chi connectivity index (χ1) is 11.1. The quantitative estimate of drug-likeness (QED) is 0.911. The van der Waals surface area contributed by atoms with Crippen molar-refractivity contribution >= 4 is 28.3 Å². The Labute approximate surface area is 140 Å². The summed E-state index contributed by atoms with van der Waals surface area (Å²) in [7, 11) is 0. The van der Waals surface area contributed by atoms with Crippen molar-refractivity contribution in [3.63, 3.8) is 0 Å². The van der Waals surface area contributed by atoms with Gasteiger partial charge in [0.15, 0.2) is 5.13 Å². The van der Waals surface area contributed by atoms with Crippen LogP contribution in [0.2, 0.25) is 0 Å². The topological polar surface area (TPSA) is 65.5 Å². The van der Waals surface area contributed by atoms with Crippen LogP contribution in [0.25, 0.3) is 0 Å². The SMILES string of the molecule is C[C@@H](C(=O)N1CCCC1)N1CCC(C(=O)Nc2nccs2)CC1. The van der Waals surface area contributed by atoms with Gasteiger partial charge in [-0.1, -0.05) is 0 Å². The van der Waals surface area contributed by atoms with E-state index in [0.717, 1.165) is 51.9 Å². The van der Waals surface area contributed by atoms with E-state index in [1.807, 2.05) is 17.2 Å². The predicted molar refractivity (Wildman–Crippen MR) is 90.3 cm³/mol. The molecule has 2 fully saturated rings. The molecule has 1 atom stereocenters. The summed E-state index contributed by atoms with van der Waals surface area (Å²) < 4.78 is 0. The second-order valence-corrected chi connectivity index (χ2v) is 7.24. The van der Waals surface area contributed by atoms with Gasteiger partial charge in [-0.3, -0.25) is 14.5 Å². The molecule has 6 nitrogen and oxygen atoms in total. The lowest BCUT2D eigenvalue weighted by Crippen LogP contribution is -2.50. The molecule has 3 heterocycles. The lowest BCUT2D eigenvalue weighted by Gasteiger charge is -2.36. The molecule has 0 aliphatic carbocycles. The van der Waals surface area contributed by atoms with Gasteiger partial charge in [-0.05, 0) is 45.7 Å². The zero-order valence-corrected chi connectivity index (χ0v) is 14.3. The second-order valence-electron chi connectivity index (χ2n) is 6.35. The summed E-state index contributed by atoms with van der Waals surface area (Å²) in [6.45, 7) is 5.40. The molecule has 126 valence electrons. The van der Waals surface area contributed by atoms with Crippen LogP contribution in [-0.2, 0) is 9.59 Å². The molecular formula is C16H24N4O2S. The molecule has 1 N–H and O–H groups in total. The fourth-order valence-electron chi connectivity index (χ4n) is 3.40. The van der Waals surface area contributed by atoms with E-state index in [1.165, 1.54) is 11.3 Å². The molecule has 1 aromatic rings. The molecule has 0 spiro atoms. The number of hydrogen-bond donors (Lipinski definition) is 1. The van der Waals surface area contributed by atoms with Crippen LogP contribution in [0.15, 0.2) is 11.6 Å². The Hall–Kier alpha value is -1.47. The number of rotatable bonds is 4. The van der Waals surface area contributed by atoms with Gasteiger partial charge in [0, 0.05) is 30.6 Å². The predicted octanol–water partition coefficient (Wildman–Crippen LogP) is 1.80. The molecule has 0 saturated carbocycles. The lowest BCUT2D eigenvalue weighted by molar-refractivity contribution is -0.136. The number of amides is 2. The summed E-state index contributed by atoms with van der Waals surface area (Å²) in [6, 6.07) is -0.0731. The number of carbonyl (C=O) groups is 2. The van der Waals surface area contributed by atoms with Gasteiger partial charge in [-0.25, -0.2) is 4.98 Å². The molecule has 1 aromatic heterocycles. The lowest BCUT2D eigenvalue weighted by atomic mass is 9.95. The highest BCUT2D eigenvalue weighted by Gasteiger charge is 2.32. The van der Waals surface area contributed by atoms with Gasteiger partial charge in [-0.2, -0.15) is 0 Å². The normalized spacial score (nSPS) is 21.3. The molecule has 3 rings (SSSR count). The maximum Gasteiger partial charge on any atom is 0.239 e. The molecule has 0 unspecified atom stereocenters. The number of aromatic nitrogens is 1. The van der Waals surface area contributed by atoms with E-state index >= 15 is 0 Å². The van der Waals surface area contributed by atoms with Crippen LogP contribution in [0.1, 0.15) is 32.6 Å². The molecule has 2 saturated heterocycles. The van der Waals surface area contributed by atoms with E-state index in [4.69, 9.17) is 0 Å². The first kappa shape index (κ1) is 16.4. The highest BCUT2D eigenvalue weighted by molar-refractivity contribution is 7.13. The fraction of sp³-hybridized carbons (Fsp3) is 0.688. The summed E-state index contributed by atoms with van der Waals surface area (Å²) in [5.74, 6) is 0.315. The van der Waals surface area contributed by atoms with Crippen LogP contribution in [0, 0.1) is 5.92 Å². The van der Waals surface area contributed by atoms with E-state index in [2.05, 4.69) is 15.2 Å². The minimum absolute atomic E-state index is 0.0178. The molecule has 0 bridgehead atoms. The van der Waals surface area contributed by atoms with E-state index < -0.39 is 0 Å². The number of likely N-dealkylation sites (tertiary alicyclic amines) is 2. The van der Waals surface area contributed by atoms with Crippen molar-refractivity contribution in [3.8, 4) is 0 Å². The summed E-state index contributed by atoms with van der Waals surface area (Å²) in [6.07, 6.45) is 5.53. The average Bonchev–Trinajstić information content (AvgIpc) is 3.27. The highest BCUT2D eigenvalue weighted by Crippen LogP contribution is 2.22. The van der Waals surface area contributed by atoms with Crippen molar-refractivity contribution in [1.29, 1.82) is 0 Å². The summed E-state index contributed by atoms with van der Waals surface area (Å²) in [5, 5.41) is 5.39. The van der Waals surface area contributed by atoms with Crippen molar-refractivity contribution in [2.45, 2.75) is 38.6 Å². The summed E-state index contributed by atoms with van der Waals surface area (Å²) >= 11 is 1.44. The number of piperidine rings is 1. The van der Waals surface area contributed by atoms with E-state index in [1.54, 1.807) is 6.20 Å². The van der Waals surface area contributed by atoms with Crippen molar-refractivity contribution in [1.82, 2.24) is 14.8 Å². The molecule has 0 radical (unpaired) electrons. The van der Waals surface area contributed by atoms with Crippen LogP contribution >= 0.6 is 11.3 Å². The van der Waals surface area contributed by atoms with Crippen molar-refractivity contribution in [3.05, 3.63) is 11.6 Å². The largest absolute Gasteiger partial charge is 0.341 e. The molecule has 2 aliphatic rings. The zero-order chi connectivity index (χ0) is 16.2. The van der Waals surface area contributed by atoms with Gasteiger partial charge in [-0.15, -0.1) is 11.3 Å². The summed E-state index contributed by atoms with van der Waals surface area (Å²) in [5.41, 5.74) is 0. The number of anilines is 1. The minimum atomic E-state index is -0.0731. The highest BCUT2D eigenvalue weighted by atomic mass is 32.1. The number of thiazole rings is 1. The Morgan fingerprint density at radius 2 is 1.96 bits per heavy atom. The van der Waals surface area contributed by atoms with E-state index in [-0.39, 0.29) is 23.8 Å². The maximum atomic E-state index is 12.5. The zero-order valence-electron chi connectivity index (χ0n) is 13.5. The van der Waals surface area contributed by atoms with E-state index in [9.17, 15) is 9.59 Å². The molecule has 2 aliphatic heterocycles. The number of nitrogens with one attached hydrogen (secondary N) is 1. The van der Waals surface area contributed by atoms with Crippen molar-refractivity contribution in [2.24, 2.45) is 5.92 Å². The molecule has 0 aromatic carbocycles. The number of nitrogens with zero attached hydrogens (tertiary/aromatic N) is 3. The van der Waals surface area contributed by atoms with Crippen LogP contribution in [0.5, 0.6) is 0 Å². The number of carbonyl (C=O) groups excluding carboxylic acids is 2. The van der Waals surface area contributed by atoms with Gasteiger partial charge in [0.05, 0.1) is 6.04 Å².